The second-order valence-corrected chi connectivity index (χ2v) is 5.20. The molecule has 0 aromatic heterocycles. The molecule has 0 radical (unpaired) electrons. The van der Waals surface area contributed by atoms with Crippen LogP contribution >= 0.6 is 0 Å². The lowest BCUT2D eigenvalue weighted by atomic mass is 10.00. The van der Waals surface area contributed by atoms with Crippen molar-refractivity contribution in [3.63, 3.8) is 0 Å². The van der Waals surface area contributed by atoms with Gasteiger partial charge in [-0.25, -0.2) is 0 Å². The standard InChI is InChI=1S/C18H17NO3/c20-17-13-14-7-4-5-10-16(14)19(18(17)21)11-6-12-22-15-8-2-1-3-9-15/h1-5,7-10H,6,11-13H2. The van der Waals surface area contributed by atoms with Crippen molar-refractivity contribution in [2.45, 2.75) is 12.8 Å². The zero-order valence-electron chi connectivity index (χ0n) is 12.2. The van der Waals surface area contributed by atoms with E-state index in [0.29, 0.717) is 19.6 Å². The summed E-state index contributed by atoms with van der Waals surface area (Å²) in [6, 6.07) is 17.1. The number of amides is 1. The Bertz CT molecular complexity index is 682. The number of carbonyl (C=O) groups is 2. The first kappa shape index (κ1) is 14.3. The number of Topliss-reactive ketones (excluding diaryl/α,β-unsaturated/α-hetero) is 1. The van der Waals surface area contributed by atoms with Crippen molar-refractivity contribution in [2.24, 2.45) is 0 Å². The van der Waals surface area contributed by atoms with Crippen LogP contribution in [0.25, 0.3) is 0 Å². The third-order valence-electron chi connectivity index (χ3n) is 3.66. The van der Waals surface area contributed by atoms with Gasteiger partial charge in [-0.1, -0.05) is 36.4 Å². The lowest BCUT2D eigenvalue weighted by molar-refractivity contribution is -0.136. The van der Waals surface area contributed by atoms with Gasteiger partial charge in [-0.15, -0.1) is 0 Å². The van der Waals surface area contributed by atoms with Crippen molar-refractivity contribution in [3.05, 3.63) is 60.2 Å². The van der Waals surface area contributed by atoms with E-state index in [1.807, 2.05) is 54.6 Å². The number of hydrogen-bond donors (Lipinski definition) is 0. The Labute approximate surface area is 129 Å². The predicted molar refractivity (Wildman–Crippen MR) is 84.1 cm³/mol. The molecule has 3 rings (SSSR count). The van der Waals surface area contributed by atoms with Crippen molar-refractivity contribution < 1.29 is 14.3 Å². The minimum Gasteiger partial charge on any atom is -0.494 e. The Morgan fingerprint density at radius 3 is 2.50 bits per heavy atom. The van der Waals surface area contributed by atoms with Crippen molar-refractivity contribution in [2.75, 3.05) is 18.1 Å². The second-order valence-electron chi connectivity index (χ2n) is 5.20. The summed E-state index contributed by atoms with van der Waals surface area (Å²) in [6.45, 7) is 0.985. The molecule has 22 heavy (non-hydrogen) atoms. The van der Waals surface area contributed by atoms with E-state index in [1.54, 1.807) is 4.90 Å². The molecule has 0 fully saturated rings. The van der Waals surface area contributed by atoms with Crippen LogP contribution in [-0.4, -0.2) is 24.8 Å². The molecule has 1 heterocycles. The topological polar surface area (TPSA) is 46.6 Å². The number of rotatable bonds is 5. The number of benzene rings is 2. The summed E-state index contributed by atoms with van der Waals surface area (Å²) in [5, 5.41) is 0. The summed E-state index contributed by atoms with van der Waals surface area (Å²) in [4.78, 5) is 25.5. The van der Waals surface area contributed by atoms with E-state index >= 15 is 0 Å². The zero-order valence-corrected chi connectivity index (χ0v) is 12.2. The van der Waals surface area contributed by atoms with Crippen LogP contribution in [0.3, 0.4) is 0 Å². The molecule has 112 valence electrons. The molecule has 0 bridgehead atoms. The molecule has 1 amide bonds. The van der Waals surface area contributed by atoms with Crippen molar-refractivity contribution in [1.82, 2.24) is 0 Å². The van der Waals surface area contributed by atoms with Crippen molar-refractivity contribution in [1.29, 1.82) is 0 Å². The Balaban J connectivity index is 1.62. The van der Waals surface area contributed by atoms with Crippen LogP contribution in [0.4, 0.5) is 5.69 Å². The summed E-state index contributed by atoms with van der Waals surface area (Å²) in [7, 11) is 0. The molecule has 4 nitrogen and oxygen atoms in total. The van der Waals surface area contributed by atoms with E-state index in [4.69, 9.17) is 4.74 Å². The smallest absolute Gasteiger partial charge is 0.294 e. The van der Waals surface area contributed by atoms with Gasteiger partial charge in [0.1, 0.15) is 5.75 Å². The SMILES string of the molecule is O=C1Cc2ccccc2N(CCCOc2ccccc2)C1=O. The maximum absolute atomic E-state index is 12.1. The average Bonchev–Trinajstić information content (AvgIpc) is 2.55. The first-order chi connectivity index (χ1) is 10.8. The summed E-state index contributed by atoms with van der Waals surface area (Å²) < 4.78 is 5.62. The Morgan fingerprint density at radius 2 is 1.68 bits per heavy atom. The van der Waals surface area contributed by atoms with E-state index in [9.17, 15) is 9.59 Å². The number of para-hydroxylation sites is 2. The number of hydrogen-bond acceptors (Lipinski definition) is 3. The number of ketones is 1. The predicted octanol–water partition coefficient (Wildman–Crippen LogP) is 2.61. The molecule has 0 spiro atoms. The molecule has 0 saturated heterocycles. The van der Waals surface area contributed by atoms with E-state index in [0.717, 1.165) is 17.0 Å². The summed E-state index contributed by atoms with van der Waals surface area (Å²) in [5.74, 6) is 0.0463. The van der Waals surface area contributed by atoms with Gasteiger partial charge in [0.05, 0.1) is 6.61 Å². The minimum absolute atomic E-state index is 0.200. The van der Waals surface area contributed by atoms with Crippen LogP contribution in [0.15, 0.2) is 54.6 Å². The van der Waals surface area contributed by atoms with Crippen LogP contribution in [0.2, 0.25) is 0 Å². The first-order valence-corrected chi connectivity index (χ1v) is 7.36. The quantitative estimate of drug-likeness (QED) is 0.629. The molecule has 4 heteroatoms. The summed E-state index contributed by atoms with van der Waals surface area (Å²) >= 11 is 0. The Hall–Kier alpha value is -2.62. The van der Waals surface area contributed by atoms with Gasteiger partial charge in [-0.2, -0.15) is 0 Å². The van der Waals surface area contributed by atoms with Crippen LogP contribution in [0.5, 0.6) is 5.75 Å². The van der Waals surface area contributed by atoms with Gasteiger partial charge in [0.2, 0.25) is 5.78 Å². The van der Waals surface area contributed by atoms with E-state index in [-0.39, 0.29) is 12.2 Å². The van der Waals surface area contributed by atoms with Gasteiger partial charge in [-0.3, -0.25) is 9.59 Å². The molecule has 0 aliphatic carbocycles. The number of carbonyl (C=O) groups excluding carboxylic acids is 2. The highest BCUT2D eigenvalue weighted by atomic mass is 16.5. The molecular weight excluding hydrogens is 278 g/mol. The summed E-state index contributed by atoms with van der Waals surface area (Å²) in [5.41, 5.74) is 1.75. The first-order valence-electron chi connectivity index (χ1n) is 7.36. The Morgan fingerprint density at radius 1 is 0.955 bits per heavy atom. The molecule has 1 aliphatic heterocycles. The van der Waals surface area contributed by atoms with E-state index < -0.39 is 5.91 Å². The van der Waals surface area contributed by atoms with Crippen LogP contribution < -0.4 is 9.64 Å². The van der Waals surface area contributed by atoms with Gasteiger partial charge in [0, 0.05) is 18.7 Å². The fourth-order valence-electron chi connectivity index (χ4n) is 2.58. The van der Waals surface area contributed by atoms with Gasteiger partial charge in [-0.05, 0) is 30.2 Å². The maximum Gasteiger partial charge on any atom is 0.294 e. The lowest BCUT2D eigenvalue weighted by Crippen LogP contribution is -2.42. The number of ether oxygens (including phenoxy) is 1. The lowest BCUT2D eigenvalue weighted by Gasteiger charge is -2.28. The third kappa shape index (κ3) is 3.01. The number of anilines is 1. The molecular formula is C18H17NO3. The zero-order chi connectivity index (χ0) is 15.4. The molecule has 0 unspecified atom stereocenters. The second kappa shape index (κ2) is 6.43. The fourth-order valence-corrected chi connectivity index (χ4v) is 2.58. The normalized spacial score (nSPS) is 13.9. The molecule has 0 atom stereocenters. The van der Waals surface area contributed by atoms with Gasteiger partial charge < -0.3 is 9.64 Å². The van der Waals surface area contributed by atoms with Crippen molar-refractivity contribution in [3.8, 4) is 5.75 Å². The molecule has 0 N–H and O–H groups in total. The highest BCUT2D eigenvalue weighted by Crippen LogP contribution is 2.26. The monoisotopic (exact) mass is 295 g/mol. The van der Waals surface area contributed by atoms with E-state index in [1.165, 1.54) is 0 Å². The largest absolute Gasteiger partial charge is 0.494 e. The Kier molecular flexibility index (Phi) is 4.19. The highest BCUT2D eigenvalue weighted by molar-refractivity contribution is 6.43. The summed E-state index contributed by atoms with van der Waals surface area (Å²) in [6.07, 6.45) is 0.869. The van der Waals surface area contributed by atoms with Gasteiger partial charge in [0.15, 0.2) is 0 Å². The third-order valence-corrected chi connectivity index (χ3v) is 3.66. The van der Waals surface area contributed by atoms with Crippen molar-refractivity contribution >= 4 is 17.4 Å². The highest BCUT2D eigenvalue weighted by Gasteiger charge is 2.30. The molecule has 2 aromatic rings. The van der Waals surface area contributed by atoms with Gasteiger partial charge in [0.25, 0.3) is 5.91 Å². The van der Waals surface area contributed by atoms with Crippen LogP contribution in [-0.2, 0) is 16.0 Å². The fraction of sp³-hybridized carbons (Fsp3) is 0.222. The number of nitrogens with zero attached hydrogens (tertiary/aromatic N) is 1. The van der Waals surface area contributed by atoms with Gasteiger partial charge >= 0.3 is 0 Å². The molecule has 0 saturated carbocycles. The minimum atomic E-state index is -0.418. The number of fused-ring (bicyclic) bond motifs is 1. The maximum atomic E-state index is 12.1. The molecule has 2 aromatic carbocycles. The average molecular weight is 295 g/mol. The van der Waals surface area contributed by atoms with Crippen LogP contribution in [0, 0.1) is 0 Å². The molecule has 1 aliphatic rings. The van der Waals surface area contributed by atoms with Crippen LogP contribution in [0.1, 0.15) is 12.0 Å². The van der Waals surface area contributed by atoms with E-state index in [2.05, 4.69) is 0 Å².